The molecule has 116 valence electrons. The van der Waals surface area contributed by atoms with E-state index in [9.17, 15) is 9.59 Å². The van der Waals surface area contributed by atoms with Gasteiger partial charge in [-0.25, -0.2) is 4.79 Å². The van der Waals surface area contributed by atoms with Crippen molar-refractivity contribution >= 4 is 18.1 Å². The predicted octanol–water partition coefficient (Wildman–Crippen LogP) is 1.65. The van der Waals surface area contributed by atoms with Crippen LogP contribution in [0, 0.1) is 0 Å². The molecule has 6 heteroatoms. The molecular formula is C15H22N2O4. The van der Waals surface area contributed by atoms with Crippen LogP contribution in [0.4, 0.5) is 10.5 Å². The summed E-state index contributed by atoms with van der Waals surface area (Å²) in [5, 5.41) is 0. The Kier molecular flexibility index (Phi) is 7.42. The van der Waals surface area contributed by atoms with E-state index in [2.05, 4.69) is 0 Å². The maximum Gasteiger partial charge on any atom is 0.414 e. The average Bonchev–Trinajstić information content (AvgIpc) is 2.48. The molecule has 0 aliphatic heterocycles. The van der Waals surface area contributed by atoms with Gasteiger partial charge in [0.2, 0.25) is 0 Å². The molecule has 0 aromatic heterocycles. The minimum absolute atomic E-state index is 0.209. The highest BCUT2D eigenvalue weighted by Crippen LogP contribution is 2.16. The number of benzene rings is 1. The van der Waals surface area contributed by atoms with Gasteiger partial charge in [0.15, 0.2) is 0 Å². The standard InChI is InChI=1S/C15H22N2O4/c1-16(2)8-9-17(15(19)21-11-10-20-3)14-6-4-13(12-18)5-7-14/h4-7,12H,8-11H2,1-3H3. The van der Waals surface area contributed by atoms with E-state index in [0.29, 0.717) is 30.9 Å². The first-order chi connectivity index (χ1) is 10.1. The number of carbonyl (C=O) groups excluding carboxylic acids is 2. The second kappa shape index (κ2) is 9.10. The Morgan fingerprint density at radius 3 is 2.33 bits per heavy atom. The zero-order chi connectivity index (χ0) is 15.7. The third kappa shape index (κ3) is 5.93. The van der Waals surface area contributed by atoms with Crippen molar-refractivity contribution < 1.29 is 19.1 Å². The van der Waals surface area contributed by atoms with E-state index in [0.717, 1.165) is 6.29 Å². The molecule has 1 aromatic rings. The minimum atomic E-state index is -0.423. The van der Waals surface area contributed by atoms with Crippen molar-refractivity contribution in [2.24, 2.45) is 0 Å². The monoisotopic (exact) mass is 294 g/mol. The van der Waals surface area contributed by atoms with Gasteiger partial charge in [-0.05, 0) is 38.4 Å². The normalized spacial score (nSPS) is 10.5. The number of aldehydes is 1. The van der Waals surface area contributed by atoms with Gasteiger partial charge in [-0.2, -0.15) is 0 Å². The van der Waals surface area contributed by atoms with Crippen molar-refractivity contribution in [3.63, 3.8) is 0 Å². The summed E-state index contributed by atoms with van der Waals surface area (Å²) >= 11 is 0. The molecule has 0 unspecified atom stereocenters. The molecule has 6 nitrogen and oxygen atoms in total. The molecule has 0 saturated heterocycles. The van der Waals surface area contributed by atoms with Crippen LogP contribution >= 0.6 is 0 Å². The summed E-state index contributed by atoms with van der Waals surface area (Å²) < 4.78 is 10.0. The Morgan fingerprint density at radius 2 is 1.81 bits per heavy atom. The topological polar surface area (TPSA) is 59.1 Å². The van der Waals surface area contributed by atoms with E-state index in [4.69, 9.17) is 9.47 Å². The second-order valence-corrected chi connectivity index (χ2v) is 4.77. The largest absolute Gasteiger partial charge is 0.447 e. The lowest BCUT2D eigenvalue weighted by atomic mass is 10.2. The fraction of sp³-hybridized carbons (Fsp3) is 0.467. The number of carbonyl (C=O) groups is 2. The van der Waals surface area contributed by atoms with Crippen molar-refractivity contribution in [1.82, 2.24) is 4.90 Å². The van der Waals surface area contributed by atoms with Gasteiger partial charge in [0, 0.05) is 31.5 Å². The van der Waals surface area contributed by atoms with Crippen molar-refractivity contribution in [3.05, 3.63) is 29.8 Å². The van der Waals surface area contributed by atoms with Crippen molar-refractivity contribution in [1.29, 1.82) is 0 Å². The SMILES string of the molecule is COCCOC(=O)N(CCN(C)C)c1ccc(C=O)cc1. The van der Waals surface area contributed by atoms with Gasteiger partial charge in [0.25, 0.3) is 0 Å². The third-order valence-corrected chi connectivity index (χ3v) is 2.85. The predicted molar refractivity (Wildman–Crippen MR) is 81.0 cm³/mol. The molecule has 0 aliphatic rings. The molecule has 0 saturated carbocycles. The summed E-state index contributed by atoms with van der Waals surface area (Å²) in [5.41, 5.74) is 1.27. The number of rotatable bonds is 8. The van der Waals surface area contributed by atoms with Crippen LogP contribution in [0.25, 0.3) is 0 Å². The summed E-state index contributed by atoms with van der Waals surface area (Å²) in [6.45, 7) is 1.77. The van der Waals surface area contributed by atoms with Gasteiger partial charge >= 0.3 is 6.09 Å². The van der Waals surface area contributed by atoms with Gasteiger partial charge in [-0.3, -0.25) is 9.69 Å². The molecule has 0 aliphatic carbocycles. The van der Waals surface area contributed by atoms with E-state index in [1.54, 1.807) is 36.3 Å². The lowest BCUT2D eigenvalue weighted by Crippen LogP contribution is -2.37. The number of methoxy groups -OCH3 is 1. The first kappa shape index (κ1) is 17.1. The van der Waals surface area contributed by atoms with Crippen LogP contribution in [0.3, 0.4) is 0 Å². The zero-order valence-corrected chi connectivity index (χ0v) is 12.7. The third-order valence-electron chi connectivity index (χ3n) is 2.85. The number of likely N-dealkylation sites (N-methyl/N-ethyl adjacent to an activating group) is 1. The molecule has 1 aromatic carbocycles. The van der Waals surface area contributed by atoms with E-state index in [1.165, 1.54) is 0 Å². The fourth-order valence-corrected chi connectivity index (χ4v) is 1.65. The summed E-state index contributed by atoms with van der Waals surface area (Å²) in [6.07, 6.45) is 0.345. The van der Waals surface area contributed by atoms with Crippen molar-refractivity contribution in [2.75, 3.05) is 52.4 Å². The first-order valence-corrected chi connectivity index (χ1v) is 6.71. The van der Waals surface area contributed by atoms with Gasteiger partial charge in [0.05, 0.1) is 6.61 Å². The zero-order valence-electron chi connectivity index (χ0n) is 12.7. The highest BCUT2D eigenvalue weighted by atomic mass is 16.6. The van der Waals surface area contributed by atoms with Crippen molar-refractivity contribution in [3.8, 4) is 0 Å². The van der Waals surface area contributed by atoms with Crippen molar-refractivity contribution in [2.45, 2.75) is 0 Å². The van der Waals surface area contributed by atoms with Gasteiger partial charge in [0.1, 0.15) is 12.9 Å². The van der Waals surface area contributed by atoms with E-state index in [-0.39, 0.29) is 6.61 Å². The molecular weight excluding hydrogens is 272 g/mol. The Balaban J connectivity index is 2.78. The number of anilines is 1. The van der Waals surface area contributed by atoms with Crippen LogP contribution in [0.2, 0.25) is 0 Å². The van der Waals surface area contributed by atoms with Gasteiger partial charge < -0.3 is 14.4 Å². The number of amides is 1. The second-order valence-electron chi connectivity index (χ2n) is 4.77. The quantitative estimate of drug-likeness (QED) is 0.539. The van der Waals surface area contributed by atoms with Gasteiger partial charge in [-0.1, -0.05) is 0 Å². The summed E-state index contributed by atoms with van der Waals surface area (Å²) in [5.74, 6) is 0. The Bertz CT molecular complexity index is 445. The molecule has 0 fully saturated rings. The highest BCUT2D eigenvalue weighted by molar-refractivity contribution is 5.88. The van der Waals surface area contributed by atoms with Crippen LogP contribution in [-0.2, 0) is 9.47 Å². The molecule has 1 amide bonds. The molecule has 0 heterocycles. The Hall–Kier alpha value is -1.92. The van der Waals surface area contributed by atoms with Crippen LogP contribution in [0.5, 0.6) is 0 Å². The minimum Gasteiger partial charge on any atom is -0.447 e. The molecule has 0 atom stereocenters. The van der Waals surface area contributed by atoms with Crippen LogP contribution < -0.4 is 4.90 Å². The number of nitrogens with zero attached hydrogens (tertiary/aromatic N) is 2. The molecule has 21 heavy (non-hydrogen) atoms. The molecule has 0 N–H and O–H groups in total. The van der Waals surface area contributed by atoms with E-state index >= 15 is 0 Å². The van der Waals surface area contributed by atoms with Gasteiger partial charge in [-0.15, -0.1) is 0 Å². The maximum absolute atomic E-state index is 12.1. The first-order valence-electron chi connectivity index (χ1n) is 6.71. The van der Waals surface area contributed by atoms with Crippen LogP contribution in [0.15, 0.2) is 24.3 Å². The molecule has 1 rings (SSSR count). The molecule has 0 spiro atoms. The molecule has 0 radical (unpaired) electrons. The summed E-state index contributed by atoms with van der Waals surface area (Å²) in [4.78, 5) is 26.4. The van der Waals surface area contributed by atoms with E-state index in [1.807, 2.05) is 19.0 Å². The lowest BCUT2D eigenvalue weighted by Gasteiger charge is -2.24. The lowest BCUT2D eigenvalue weighted by molar-refractivity contribution is 0.103. The number of ether oxygens (including phenoxy) is 2. The smallest absolute Gasteiger partial charge is 0.414 e. The maximum atomic E-state index is 12.1. The number of hydrogen-bond donors (Lipinski definition) is 0. The van der Waals surface area contributed by atoms with E-state index < -0.39 is 6.09 Å². The average molecular weight is 294 g/mol. The summed E-state index contributed by atoms with van der Waals surface area (Å²) in [6, 6.07) is 6.81. The van der Waals surface area contributed by atoms with Crippen LogP contribution in [0.1, 0.15) is 10.4 Å². The Labute approximate surface area is 125 Å². The summed E-state index contributed by atoms with van der Waals surface area (Å²) in [7, 11) is 5.42. The highest BCUT2D eigenvalue weighted by Gasteiger charge is 2.17. The number of hydrogen-bond acceptors (Lipinski definition) is 5. The molecule has 0 bridgehead atoms. The Morgan fingerprint density at radius 1 is 1.14 bits per heavy atom. The van der Waals surface area contributed by atoms with Crippen LogP contribution in [-0.4, -0.2) is 64.8 Å². The fourth-order valence-electron chi connectivity index (χ4n) is 1.65.